The molecule has 3 aromatic rings. The fourth-order valence-corrected chi connectivity index (χ4v) is 3.02. The van der Waals surface area contributed by atoms with Gasteiger partial charge in [0.1, 0.15) is 12.4 Å². The van der Waals surface area contributed by atoms with Crippen LogP contribution in [0.1, 0.15) is 23.8 Å². The zero-order valence-corrected chi connectivity index (χ0v) is 16.5. The van der Waals surface area contributed by atoms with Gasteiger partial charge in [0.05, 0.1) is 24.4 Å². The van der Waals surface area contributed by atoms with Crippen LogP contribution in [0.3, 0.4) is 0 Å². The number of halogens is 2. The Morgan fingerprint density at radius 2 is 1.78 bits per heavy atom. The highest BCUT2D eigenvalue weighted by Crippen LogP contribution is 2.37. The second-order valence-electron chi connectivity index (χ2n) is 5.94. The van der Waals surface area contributed by atoms with Gasteiger partial charge in [0.15, 0.2) is 11.5 Å². The second-order valence-corrected chi connectivity index (χ2v) is 6.78. The Morgan fingerprint density at radius 1 is 0.963 bits per heavy atom. The van der Waals surface area contributed by atoms with E-state index in [-0.39, 0.29) is 0 Å². The van der Waals surface area contributed by atoms with Crippen LogP contribution in [-0.2, 0) is 19.7 Å². The van der Waals surface area contributed by atoms with Gasteiger partial charge < -0.3 is 19.2 Å². The van der Waals surface area contributed by atoms with Crippen LogP contribution < -0.4 is 14.8 Å². The van der Waals surface area contributed by atoms with Gasteiger partial charge in [-0.3, -0.25) is 0 Å². The van der Waals surface area contributed by atoms with Crippen molar-refractivity contribution in [3.8, 4) is 11.5 Å². The molecule has 2 aromatic carbocycles. The SMILES string of the molecule is CCOc1cc(CNCc2ccco2)cc(Cl)c1OCc1ccc(Cl)cc1. The number of furan rings is 1. The number of hydrogen-bond acceptors (Lipinski definition) is 4. The lowest BCUT2D eigenvalue weighted by Crippen LogP contribution is -2.12. The van der Waals surface area contributed by atoms with Gasteiger partial charge in [-0.05, 0) is 54.4 Å². The van der Waals surface area contributed by atoms with Crippen LogP contribution >= 0.6 is 23.2 Å². The Morgan fingerprint density at radius 3 is 2.48 bits per heavy atom. The van der Waals surface area contributed by atoms with Crippen LogP contribution in [0.25, 0.3) is 0 Å². The van der Waals surface area contributed by atoms with E-state index >= 15 is 0 Å². The summed E-state index contributed by atoms with van der Waals surface area (Å²) in [7, 11) is 0. The fourth-order valence-electron chi connectivity index (χ4n) is 2.61. The van der Waals surface area contributed by atoms with Crippen molar-refractivity contribution in [2.45, 2.75) is 26.6 Å². The molecule has 0 radical (unpaired) electrons. The Bertz CT molecular complexity index is 849. The van der Waals surface area contributed by atoms with E-state index in [0.29, 0.717) is 47.8 Å². The van der Waals surface area contributed by atoms with Crippen LogP contribution in [0, 0.1) is 0 Å². The standard InChI is InChI=1S/C21H21Cl2NO3/c1-2-25-20-11-16(12-24-13-18-4-3-9-26-18)10-19(23)21(20)27-14-15-5-7-17(22)8-6-15/h3-11,24H,2,12-14H2,1H3. The van der Waals surface area contributed by atoms with Crippen LogP contribution in [0.2, 0.25) is 10.0 Å². The first-order valence-electron chi connectivity index (χ1n) is 8.71. The molecule has 3 rings (SSSR count). The molecule has 6 heteroatoms. The Hall–Kier alpha value is -2.14. The number of ether oxygens (including phenoxy) is 2. The minimum absolute atomic E-state index is 0.382. The van der Waals surface area contributed by atoms with Crippen LogP contribution in [-0.4, -0.2) is 6.61 Å². The predicted molar refractivity (Wildman–Crippen MR) is 108 cm³/mol. The van der Waals surface area contributed by atoms with Crippen LogP contribution in [0.5, 0.6) is 11.5 Å². The first-order valence-corrected chi connectivity index (χ1v) is 9.47. The third-order valence-corrected chi connectivity index (χ3v) is 4.41. The summed E-state index contributed by atoms with van der Waals surface area (Å²) < 4.78 is 17.0. The van der Waals surface area contributed by atoms with E-state index in [4.69, 9.17) is 37.1 Å². The molecular weight excluding hydrogens is 385 g/mol. The molecule has 142 valence electrons. The number of benzene rings is 2. The van der Waals surface area contributed by atoms with Crippen molar-refractivity contribution in [2.75, 3.05) is 6.61 Å². The van der Waals surface area contributed by atoms with E-state index in [0.717, 1.165) is 16.9 Å². The first kappa shape index (κ1) is 19.6. The molecule has 0 saturated heterocycles. The van der Waals surface area contributed by atoms with Gasteiger partial charge in [-0.25, -0.2) is 0 Å². The van der Waals surface area contributed by atoms with Gasteiger partial charge in [0, 0.05) is 11.6 Å². The Labute approximate surface area is 169 Å². The Kier molecular flexibility index (Phi) is 7.04. The van der Waals surface area contributed by atoms with E-state index in [1.54, 1.807) is 6.26 Å². The predicted octanol–water partition coefficient (Wildman–Crippen LogP) is 5.85. The number of nitrogens with one attached hydrogen (secondary N) is 1. The molecule has 0 atom stereocenters. The summed E-state index contributed by atoms with van der Waals surface area (Å²) in [5, 5.41) is 4.53. The lowest BCUT2D eigenvalue weighted by Gasteiger charge is -2.15. The minimum Gasteiger partial charge on any atom is -0.490 e. The quantitative estimate of drug-likeness (QED) is 0.484. The molecule has 1 N–H and O–H groups in total. The molecule has 4 nitrogen and oxygen atoms in total. The highest BCUT2D eigenvalue weighted by atomic mass is 35.5. The van der Waals surface area contributed by atoms with Crippen molar-refractivity contribution in [3.63, 3.8) is 0 Å². The molecule has 1 aromatic heterocycles. The average molecular weight is 406 g/mol. The van der Waals surface area contributed by atoms with Crippen molar-refractivity contribution >= 4 is 23.2 Å². The fraction of sp³-hybridized carbons (Fsp3) is 0.238. The highest BCUT2D eigenvalue weighted by Gasteiger charge is 2.13. The molecule has 0 amide bonds. The molecule has 27 heavy (non-hydrogen) atoms. The maximum absolute atomic E-state index is 6.47. The maximum atomic E-state index is 6.47. The number of hydrogen-bond donors (Lipinski definition) is 1. The van der Waals surface area contributed by atoms with Gasteiger partial charge in [-0.15, -0.1) is 0 Å². The largest absolute Gasteiger partial charge is 0.490 e. The molecule has 0 saturated carbocycles. The maximum Gasteiger partial charge on any atom is 0.180 e. The summed E-state index contributed by atoms with van der Waals surface area (Å²) in [6, 6.07) is 15.1. The van der Waals surface area contributed by atoms with Crippen LogP contribution in [0.4, 0.5) is 0 Å². The van der Waals surface area contributed by atoms with Crippen molar-refractivity contribution in [3.05, 3.63) is 81.7 Å². The summed E-state index contributed by atoms with van der Waals surface area (Å²) >= 11 is 12.4. The lowest BCUT2D eigenvalue weighted by atomic mass is 10.2. The summed E-state index contributed by atoms with van der Waals surface area (Å²) in [5.74, 6) is 2.06. The van der Waals surface area contributed by atoms with Crippen molar-refractivity contribution < 1.29 is 13.9 Å². The summed E-state index contributed by atoms with van der Waals surface area (Å²) in [6.45, 7) is 4.12. The van der Waals surface area contributed by atoms with E-state index in [9.17, 15) is 0 Å². The molecule has 0 aliphatic heterocycles. The van der Waals surface area contributed by atoms with Gasteiger partial charge in [-0.1, -0.05) is 35.3 Å². The smallest absolute Gasteiger partial charge is 0.180 e. The number of rotatable bonds is 9. The van der Waals surface area contributed by atoms with Gasteiger partial charge in [0.25, 0.3) is 0 Å². The topological polar surface area (TPSA) is 43.6 Å². The Balaban J connectivity index is 1.68. The molecule has 0 aliphatic rings. The summed E-state index contributed by atoms with van der Waals surface area (Å²) in [4.78, 5) is 0. The van der Waals surface area contributed by atoms with E-state index < -0.39 is 0 Å². The van der Waals surface area contributed by atoms with E-state index in [1.165, 1.54) is 0 Å². The van der Waals surface area contributed by atoms with Crippen molar-refractivity contribution in [2.24, 2.45) is 0 Å². The van der Waals surface area contributed by atoms with Gasteiger partial charge >= 0.3 is 0 Å². The monoisotopic (exact) mass is 405 g/mol. The summed E-state index contributed by atoms with van der Waals surface area (Å²) in [5.41, 5.74) is 2.01. The first-order chi connectivity index (χ1) is 13.2. The molecule has 0 unspecified atom stereocenters. The molecule has 0 spiro atoms. The molecule has 0 aliphatic carbocycles. The molecule has 0 fully saturated rings. The molecule has 1 heterocycles. The highest BCUT2D eigenvalue weighted by molar-refractivity contribution is 6.32. The normalized spacial score (nSPS) is 10.8. The molecular formula is C21H21Cl2NO3. The van der Waals surface area contributed by atoms with Crippen LogP contribution in [0.15, 0.2) is 59.2 Å². The average Bonchev–Trinajstić information content (AvgIpc) is 3.16. The van der Waals surface area contributed by atoms with Crippen molar-refractivity contribution in [1.29, 1.82) is 0 Å². The third kappa shape index (κ3) is 5.67. The lowest BCUT2D eigenvalue weighted by molar-refractivity contribution is 0.269. The third-order valence-electron chi connectivity index (χ3n) is 3.87. The van der Waals surface area contributed by atoms with E-state index in [1.807, 2.05) is 55.5 Å². The zero-order valence-electron chi connectivity index (χ0n) is 15.0. The van der Waals surface area contributed by atoms with E-state index in [2.05, 4.69) is 5.32 Å². The zero-order chi connectivity index (χ0) is 19.1. The van der Waals surface area contributed by atoms with Gasteiger partial charge in [0.2, 0.25) is 0 Å². The second kappa shape index (κ2) is 9.70. The van der Waals surface area contributed by atoms with Crippen molar-refractivity contribution in [1.82, 2.24) is 5.32 Å². The summed E-state index contributed by atoms with van der Waals surface area (Å²) in [6.07, 6.45) is 1.66. The van der Waals surface area contributed by atoms with Gasteiger partial charge in [-0.2, -0.15) is 0 Å². The molecule has 0 bridgehead atoms. The minimum atomic E-state index is 0.382.